The largest absolute Gasteiger partial charge is 0.467 e. The lowest BCUT2D eigenvalue weighted by Gasteiger charge is -2.15. The van der Waals surface area contributed by atoms with Crippen molar-refractivity contribution in [3.05, 3.63) is 54.0 Å². The quantitative estimate of drug-likeness (QED) is 0.840. The topological polar surface area (TPSA) is 88.8 Å². The van der Waals surface area contributed by atoms with Gasteiger partial charge in [0.1, 0.15) is 5.76 Å². The maximum atomic E-state index is 12.5. The summed E-state index contributed by atoms with van der Waals surface area (Å²) in [7, 11) is 1.28. The fraction of sp³-hybridized carbons (Fsp3) is 0.278. The Morgan fingerprint density at radius 2 is 2.08 bits per heavy atom. The van der Waals surface area contributed by atoms with E-state index in [0.29, 0.717) is 24.5 Å². The first-order chi connectivity index (χ1) is 12.1. The highest BCUT2D eigenvalue weighted by Gasteiger charge is 2.35. The standard InChI is InChI=1S/C18H18N2O5/c1-24-18(23)14-6-2-3-7-15(14)19-17(22)12-9-16(21)20(10-12)11-13-5-4-8-25-13/h2-8,12H,9-11H2,1H3,(H,19,22). The van der Waals surface area contributed by atoms with Gasteiger partial charge >= 0.3 is 5.97 Å². The van der Waals surface area contributed by atoms with E-state index in [1.807, 2.05) is 0 Å². The number of methoxy groups -OCH3 is 1. The lowest BCUT2D eigenvalue weighted by Crippen LogP contribution is -2.28. The molecule has 130 valence electrons. The van der Waals surface area contributed by atoms with Crippen molar-refractivity contribution in [2.45, 2.75) is 13.0 Å². The van der Waals surface area contributed by atoms with Gasteiger partial charge in [-0.2, -0.15) is 0 Å². The van der Waals surface area contributed by atoms with Gasteiger partial charge in [-0.1, -0.05) is 12.1 Å². The molecule has 2 aromatic rings. The monoisotopic (exact) mass is 342 g/mol. The molecule has 25 heavy (non-hydrogen) atoms. The molecule has 7 nitrogen and oxygen atoms in total. The number of nitrogens with one attached hydrogen (secondary N) is 1. The molecule has 2 heterocycles. The number of anilines is 1. The Morgan fingerprint density at radius 3 is 2.80 bits per heavy atom. The highest BCUT2D eigenvalue weighted by molar-refractivity contribution is 6.03. The molecule has 1 aromatic heterocycles. The minimum absolute atomic E-state index is 0.0993. The third-order valence-corrected chi connectivity index (χ3v) is 4.10. The molecule has 2 amide bonds. The number of furan rings is 1. The first kappa shape index (κ1) is 16.8. The van der Waals surface area contributed by atoms with Crippen LogP contribution in [-0.2, 0) is 20.9 Å². The summed E-state index contributed by atoms with van der Waals surface area (Å²) in [5, 5.41) is 2.73. The summed E-state index contributed by atoms with van der Waals surface area (Å²) in [6, 6.07) is 10.1. The van der Waals surface area contributed by atoms with E-state index >= 15 is 0 Å². The van der Waals surface area contributed by atoms with Gasteiger partial charge in [0.05, 0.1) is 37.1 Å². The van der Waals surface area contributed by atoms with Crippen molar-refractivity contribution in [3.63, 3.8) is 0 Å². The van der Waals surface area contributed by atoms with Crippen LogP contribution >= 0.6 is 0 Å². The fourth-order valence-corrected chi connectivity index (χ4v) is 2.81. The zero-order valence-corrected chi connectivity index (χ0v) is 13.7. The Bertz CT molecular complexity index is 785. The van der Waals surface area contributed by atoms with Gasteiger partial charge in [0, 0.05) is 13.0 Å². The number of hydrogen-bond acceptors (Lipinski definition) is 5. The molecule has 0 saturated carbocycles. The number of hydrogen-bond donors (Lipinski definition) is 1. The van der Waals surface area contributed by atoms with Crippen molar-refractivity contribution in [1.82, 2.24) is 4.90 Å². The molecule has 1 saturated heterocycles. The summed E-state index contributed by atoms with van der Waals surface area (Å²) in [6.45, 7) is 0.653. The molecule has 1 unspecified atom stereocenters. The summed E-state index contributed by atoms with van der Waals surface area (Å²) in [5.41, 5.74) is 0.645. The number of amides is 2. The van der Waals surface area contributed by atoms with Gasteiger partial charge in [-0.05, 0) is 24.3 Å². The Hall–Kier alpha value is -3.09. The third-order valence-electron chi connectivity index (χ3n) is 4.10. The number of likely N-dealkylation sites (tertiary alicyclic amines) is 1. The number of carbonyl (C=O) groups excluding carboxylic acids is 3. The molecule has 1 N–H and O–H groups in total. The average molecular weight is 342 g/mol. The second-order valence-corrected chi connectivity index (χ2v) is 5.78. The summed E-state index contributed by atoms with van der Waals surface area (Å²) < 4.78 is 9.96. The zero-order valence-electron chi connectivity index (χ0n) is 13.7. The summed E-state index contributed by atoms with van der Waals surface area (Å²) in [4.78, 5) is 38.0. The van der Waals surface area contributed by atoms with E-state index < -0.39 is 11.9 Å². The van der Waals surface area contributed by atoms with Crippen LogP contribution in [0.15, 0.2) is 47.1 Å². The molecule has 1 atom stereocenters. The van der Waals surface area contributed by atoms with Crippen molar-refractivity contribution >= 4 is 23.5 Å². The van der Waals surface area contributed by atoms with Gasteiger partial charge < -0.3 is 19.4 Å². The number of ether oxygens (including phenoxy) is 1. The lowest BCUT2D eigenvalue weighted by atomic mass is 10.1. The molecule has 0 aliphatic carbocycles. The van der Waals surface area contributed by atoms with E-state index in [4.69, 9.17) is 9.15 Å². The molecule has 3 rings (SSSR count). The van der Waals surface area contributed by atoms with E-state index in [9.17, 15) is 14.4 Å². The SMILES string of the molecule is COC(=O)c1ccccc1NC(=O)C1CC(=O)N(Cc2ccco2)C1. The predicted molar refractivity (Wildman–Crippen MR) is 88.6 cm³/mol. The van der Waals surface area contributed by atoms with Crippen LogP contribution < -0.4 is 5.32 Å². The van der Waals surface area contributed by atoms with Crippen LogP contribution in [0.2, 0.25) is 0 Å². The van der Waals surface area contributed by atoms with Crippen LogP contribution in [-0.4, -0.2) is 36.3 Å². The number of nitrogens with zero attached hydrogens (tertiary/aromatic N) is 1. The first-order valence-electron chi connectivity index (χ1n) is 7.87. The molecule has 0 spiro atoms. The van der Waals surface area contributed by atoms with Gasteiger partial charge in [-0.3, -0.25) is 9.59 Å². The Morgan fingerprint density at radius 1 is 1.28 bits per heavy atom. The molecular formula is C18H18N2O5. The Balaban J connectivity index is 1.66. The van der Waals surface area contributed by atoms with Gasteiger partial charge in [0.25, 0.3) is 0 Å². The maximum absolute atomic E-state index is 12.5. The molecule has 7 heteroatoms. The van der Waals surface area contributed by atoms with Gasteiger partial charge in [0.2, 0.25) is 11.8 Å². The molecule has 1 aliphatic heterocycles. The molecule has 1 aromatic carbocycles. The smallest absolute Gasteiger partial charge is 0.339 e. The van der Waals surface area contributed by atoms with Gasteiger partial charge in [-0.15, -0.1) is 0 Å². The highest BCUT2D eigenvalue weighted by Crippen LogP contribution is 2.23. The minimum Gasteiger partial charge on any atom is -0.467 e. The Labute approximate surface area is 144 Å². The average Bonchev–Trinajstić information content (AvgIpc) is 3.25. The molecular weight excluding hydrogens is 324 g/mol. The number of esters is 1. The normalized spacial score (nSPS) is 16.8. The number of carbonyl (C=O) groups is 3. The van der Waals surface area contributed by atoms with Gasteiger partial charge in [0.15, 0.2) is 0 Å². The number of rotatable bonds is 5. The fourth-order valence-electron chi connectivity index (χ4n) is 2.81. The maximum Gasteiger partial charge on any atom is 0.339 e. The van der Waals surface area contributed by atoms with Crippen LogP contribution in [0.1, 0.15) is 22.5 Å². The molecule has 0 radical (unpaired) electrons. The van der Waals surface area contributed by atoms with E-state index in [1.54, 1.807) is 47.6 Å². The van der Waals surface area contributed by atoms with Crippen molar-refractivity contribution in [2.75, 3.05) is 19.0 Å². The van der Waals surface area contributed by atoms with Crippen molar-refractivity contribution in [3.8, 4) is 0 Å². The van der Waals surface area contributed by atoms with Crippen LogP contribution in [0.3, 0.4) is 0 Å². The second-order valence-electron chi connectivity index (χ2n) is 5.78. The van der Waals surface area contributed by atoms with Crippen LogP contribution in [0.25, 0.3) is 0 Å². The van der Waals surface area contributed by atoms with Crippen molar-refractivity contribution in [1.29, 1.82) is 0 Å². The molecule has 1 fully saturated rings. The van der Waals surface area contributed by atoms with Gasteiger partial charge in [-0.25, -0.2) is 4.79 Å². The van der Waals surface area contributed by atoms with E-state index in [1.165, 1.54) is 7.11 Å². The van der Waals surface area contributed by atoms with E-state index in [0.717, 1.165) is 0 Å². The van der Waals surface area contributed by atoms with Crippen LogP contribution in [0.5, 0.6) is 0 Å². The zero-order chi connectivity index (χ0) is 17.8. The number of benzene rings is 1. The predicted octanol–water partition coefficient (Wildman–Crippen LogP) is 2.05. The van der Waals surface area contributed by atoms with E-state index in [2.05, 4.69) is 5.32 Å². The summed E-state index contributed by atoms with van der Waals surface area (Å²) in [5.74, 6) is -0.735. The molecule has 1 aliphatic rings. The van der Waals surface area contributed by atoms with Crippen molar-refractivity contribution < 1.29 is 23.5 Å². The Kier molecular flexibility index (Phi) is 4.83. The first-order valence-corrected chi connectivity index (χ1v) is 7.87. The van der Waals surface area contributed by atoms with Crippen molar-refractivity contribution in [2.24, 2.45) is 5.92 Å². The van der Waals surface area contributed by atoms with Crippen LogP contribution in [0, 0.1) is 5.92 Å². The van der Waals surface area contributed by atoms with Crippen LogP contribution in [0.4, 0.5) is 5.69 Å². The summed E-state index contributed by atoms with van der Waals surface area (Å²) >= 11 is 0. The number of para-hydroxylation sites is 1. The molecule has 0 bridgehead atoms. The lowest BCUT2D eigenvalue weighted by molar-refractivity contribution is -0.128. The minimum atomic E-state index is -0.530. The second kappa shape index (κ2) is 7.21. The third kappa shape index (κ3) is 3.71. The van der Waals surface area contributed by atoms with E-state index in [-0.39, 0.29) is 23.8 Å². The summed E-state index contributed by atoms with van der Waals surface area (Å²) in [6.07, 6.45) is 1.68. The highest BCUT2D eigenvalue weighted by atomic mass is 16.5.